The summed E-state index contributed by atoms with van der Waals surface area (Å²) in [6.07, 6.45) is 4.32. The van der Waals surface area contributed by atoms with E-state index < -0.39 is 0 Å². The zero-order valence-corrected chi connectivity index (χ0v) is 29.1. The van der Waals surface area contributed by atoms with Gasteiger partial charge < -0.3 is 4.90 Å². The van der Waals surface area contributed by atoms with Gasteiger partial charge in [-0.3, -0.25) is 4.90 Å². The molecular weight excluding hydrogens is 569 g/mol. The summed E-state index contributed by atoms with van der Waals surface area (Å²) >= 11 is 0. The highest BCUT2D eigenvalue weighted by Crippen LogP contribution is 2.54. The van der Waals surface area contributed by atoms with Gasteiger partial charge >= 0.3 is 0 Å². The number of pyridine rings is 1. The maximum absolute atomic E-state index is 5.19. The molecule has 2 aliphatic carbocycles. The zero-order valence-electron chi connectivity index (χ0n) is 29.1. The minimum Gasteiger partial charge on any atom is -0.311 e. The van der Waals surface area contributed by atoms with Gasteiger partial charge in [0.1, 0.15) is 5.82 Å². The number of aromatic nitrogens is 1. The maximum atomic E-state index is 5.19. The standard InChI is InChI=1S/C43H44BN3/c1-40(2)25-41(3,4)30-22-28(18-19-29(30)40)46-36-20-21-45-39-38(36)44(33-16-12-13-17-35(33)47(39)27-14-10-9-11-15-27)34-23-31-32(24-37(34)46)43(7,8)26-42(31,5)6/h9-24H,25-26H2,1-8H3. The summed E-state index contributed by atoms with van der Waals surface area (Å²) in [6.45, 7) is 19.5. The lowest BCUT2D eigenvalue weighted by Crippen LogP contribution is -2.61. The molecule has 5 aromatic rings. The Morgan fingerprint density at radius 1 is 0.511 bits per heavy atom. The molecule has 234 valence electrons. The predicted molar refractivity (Wildman–Crippen MR) is 200 cm³/mol. The highest BCUT2D eigenvalue weighted by Gasteiger charge is 2.49. The second kappa shape index (κ2) is 9.19. The number of rotatable bonds is 2. The van der Waals surface area contributed by atoms with E-state index in [0.29, 0.717) is 0 Å². The fourth-order valence-electron chi connectivity index (χ4n) is 10.4. The van der Waals surface area contributed by atoms with Gasteiger partial charge in [-0.05, 0) is 116 Å². The van der Waals surface area contributed by atoms with Crippen molar-refractivity contribution in [2.45, 2.75) is 89.9 Å². The molecule has 0 saturated heterocycles. The first-order chi connectivity index (χ1) is 22.3. The molecular formula is C43H44BN3. The van der Waals surface area contributed by atoms with Gasteiger partial charge in [-0.2, -0.15) is 0 Å². The maximum Gasteiger partial charge on any atom is 0.254 e. The molecule has 9 rings (SSSR count). The van der Waals surface area contributed by atoms with Gasteiger partial charge in [0.15, 0.2) is 0 Å². The smallest absolute Gasteiger partial charge is 0.254 e. The SMILES string of the molecule is CC1(C)CC(C)(C)c2cc(N3c4cc5c(cc4B4c6ccccc6N(c6ccccc6)c6nccc3c64)C(C)(C)CC5(C)C)ccc21. The molecule has 2 aliphatic heterocycles. The largest absolute Gasteiger partial charge is 0.311 e. The van der Waals surface area contributed by atoms with Gasteiger partial charge in [-0.25, -0.2) is 4.98 Å². The normalized spacial score (nSPS) is 19.9. The van der Waals surface area contributed by atoms with Crippen molar-refractivity contribution in [1.29, 1.82) is 0 Å². The molecule has 0 amide bonds. The number of para-hydroxylation sites is 2. The Kier molecular flexibility index (Phi) is 5.65. The summed E-state index contributed by atoms with van der Waals surface area (Å²) in [4.78, 5) is 10.1. The van der Waals surface area contributed by atoms with Crippen LogP contribution in [0, 0.1) is 0 Å². The van der Waals surface area contributed by atoms with Gasteiger partial charge in [0.05, 0.1) is 0 Å². The minimum atomic E-state index is 0.0886. The zero-order chi connectivity index (χ0) is 32.7. The Hall–Kier alpha value is -4.31. The van der Waals surface area contributed by atoms with Crippen molar-refractivity contribution < 1.29 is 0 Å². The van der Waals surface area contributed by atoms with Crippen LogP contribution in [0.3, 0.4) is 0 Å². The van der Waals surface area contributed by atoms with E-state index in [4.69, 9.17) is 4.98 Å². The Morgan fingerprint density at radius 3 is 1.85 bits per heavy atom. The monoisotopic (exact) mass is 613 g/mol. The lowest BCUT2D eigenvalue weighted by Gasteiger charge is -2.44. The third-order valence-electron chi connectivity index (χ3n) is 11.9. The molecule has 3 heterocycles. The highest BCUT2D eigenvalue weighted by molar-refractivity contribution is 7.00. The van der Waals surface area contributed by atoms with E-state index in [9.17, 15) is 0 Å². The number of nitrogens with zero attached hydrogens (tertiary/aromatic N) is 3. The topological polar surface area (TPSA) is 19.4 Å². The van der Waals surface area contributed by atoms with Crippen molar-refractivity contribution in [2.24, 2.45) is 0 Å². The summed E-state index contributed by atoms with van der Waals surface area (Å²) in [5, 5.41) is 0. The minimum absolute atomic E-state index is 0.0886. The van der Waals surface area contributed by atoms with Crippen LogP contribution in [0.25, 0.3) is 0 Å². The van der Waals surface area contributed by atoms with Crippen molar-refractivity contribution >= 4 is 57.4 Å². The quantitative estimate of drug-likeness (QED) is 0.181. The fourth-order valence-corrected chi connectivity index (χ4v) is 10.4. The Labute approximate surface area is 280 Å². The van der Waals surface area contributed by atoms with Gasteiger partial charge in [-0.15, -0.1) is 0 Å². The van der Waals surface area contributed by atoms with Crippen molar-refractivity contribution in [1.82, 2.24) is 4.98 Å². The molecule has 0 radical (unpaired) electrons. The molecule has 3 nitrogen and oxygen atoms in total. The van der Waals surface area contributed by atoms with Crippen molar-refractivity contribution in [2.75, 3.05) is 9.80 Å². The summed E-state index contributed by atoms with van der Waals surface area (Å²) in [5.41, 5.74) is 16.6. The molecule has 4 aliphatic rings. The van der Waals surface area contributed by atoms with Crippen LogP contribution >= 0.6 is 0 Å². The van der Waals surface area contributed by atoms with E-state index >= 15 is 0 Å². The van der Waals surface area contributed by atoms with Gasteiger partial charge in [0.2, 0.25) is 0 Å². The summed E-state index contributed by atoms with van der Waals surface area (Å²) < 4.78 is 0. The number of anilines is 6. The molecule has 0 N–H and O–H groups in total. The second-order valence-electron chi connectivity index (χ2n) is 17.1. The highest BCUT2D eigenvalue weighted by atomic mass is 15.2. The molecule has 0 spiro atoms. The lowest BCUT2D eigenvalue weighted by atomic mass is 9.33. The second-order valence-corrected chi connectivity index (χ2v) is 17.1. The Bertz CT molecular complexity index is 2120. The first kappa shape index (κ1) is 28.9. The van der Waals surface area contributed by atoms with E-state index in [2.05, 4.69) is 156 Å². The van der Waals surface area contributed by atoms with Crippen LogP contribution in [-0.4, -0.2) is 11.7 Å². The van der Waals surface area contributed by atoms with E-state index in [1.165, 1.54) is 61.4 Å². The van der Waals surface area contributed by atoms with Crippen LogP contribution < -0.4 is 26.2 Å². The van der Waals surface area contributed by atoms with Crippen LogP contribution in [0.1, 0.15) is 90.5 Å². The summed E-state index contributed by atoms with van der Waals surface area (Å²) in [6, 6.07) is 34.5. The Morgan fingerprint density at radius 2 is 1.13 bits per heavy atom. The molecule has 0 fully saturated rings. The van der Waals surface area contributed by atoms with Crippen molar-refractivity contribution in [3.8, 4) is 0 Å². The Balaban J connectivity index is 1.38. The van der Waals surface area contributed by atoms with Crippen molar-refractivity contribution in [3.05, 3.63) is 119 Å². The third-order valence-corrected chi connectivity index (χ3v) is 11.9. The molecule has 47 heavy (non-hydrogen) atoms. The van der Waals surface area contributed by atoms with Crippen LogP contribution in [-0.2, 0) is 21.7 Å². The van der Waals surface area contributed by atoms with Crippen molar-refractivity contribution in [3.63, 3.8) is 0 Å². The summed E-state index contributed by atoms with van der Waals surface area (Å²) in [5.74, 6) is 1.02. The van der Waals surface area contributed by atoms with E-state index in [0.717, 1.165) is 24.3 Å². The first-order valence-corrected chi connectivity index (χ1v) is 17.4. The van der Waals surface area contributed by atoms with Gasteiger partial charge in [0, 0.05) is 34.6 Å². The third kappa shape index (κ3) is 3.91. The molecule has 4 heteroatoms. The fraction of sp³-hybridized carbons (Fsp3) is 0.326. The van der Waals surface area contributed by atoms with Gasteiger partial charge in [0.25, 0.3) is 6.71 Å². The molecule has 4 aromatic carbocycles. The average molecular weight is 614 g/mol. The van der Waals surface area contributed by atoms with Crippen LogP contribution in [0.2, 0.25) is 0 Å². The van der Waals surface area contributed by atoms with Crippen LogP contribution in [0.15, 0.2) is 97.2 Å². The number of benzene rings is 4. The number of hydrogen-bond acceptors (Lipinski definition) is 3. The lowest BCUT2D eigenvalue weighted by molar-refractivity contribution is 0.403. The van der Waals surface area contributed by atoms with E-state index in [-0.39, 0.29) is 28.4 Å². The van der Waals surface area contributed by atoms with Gasteiger partial charge in [-0.1, -0.05) is 104 Å². The molecule has 1 aromatic heterocycles. The molecule has 0 bridgehead atoms. The summed E-state index contributed by atoms with van der Waals surface area (Å²) in [7, 11) is 0. The molecule has 0 saturated carbocycles. The van der Waals surface area contributed by atoms with E-state index in [1.54, 1.807) is 0 Å². The average Bonchev–Trinajstić information content (AvgIpc) is 3.34. The van der Waals surface area contributed by atoms with Crippen LogP contribution in [0.4, 0.5) is 34.3 Å². The predicted octanol–water partition coefficient (Wildman–Crippen LogP) is 9.08. The van der Waals surface area contributed by atoms with Crippen LogP contribution in [0.5, 0.6) is 0 Å². The van der Waals surface area contributed by atoms with E-state index in [1.807, 2.05) is 6.20 Å². The number of fused-ring (bicyclic) bond motifs is 6. The number of hydrogen-bond donors (Lipinski definition) is 0. The first-order valence-electron chi connectivity index (χ1n) is 17.4. The molecule has 0 unspecified atom stereocenters. The molecule has 0 atom stereocenters.